The molecule has 0 aliphatic carbocycles. The normalized spacial score (nSPS) is 10.4. The molecule has 94 valence electrons. The maximum absolute atomic E-state index is 9.05. The molecule has 0 saturated carbocycles. The van der Waals surface area contributed by atoms with Crippen molar-refractivity contribution in [1.82, 2.24) is 4.98 Å². The van der Waals surface area contributed by atoms with Gasteiger partial charge in [-0.2, -0.15) is 0 Å². The molecule has 1 aromatic heterocycles. The van der Waals surface area contributed by atoms with Gasteiger partial charge in [-0.1, -0.05) is 17.8 Å². The fraction of sp³-hybridized carbons (Fsp3) is 0.214. The van der Waals surface area contributed by atoms with Gasteiger partial charge in [0.05, 0.1) is 13.7 Å². The second-order valence-electron chi connectivity index (χ2n) is 3.90. The molecule has 4 heteroatoms. The average Bonchev–Trinajstić information content (AvgIpc) is 2.41. The van der Waals surface area contributed by atoms with Crippen molar-refractivity contribution in [2.45, 2.75) is 23.5 Å². The molecule has 0 atom stereocenters. The molecule has 1 N–H and O–H groups in total. The number of hydrogen-bond donors (Lipinski definition) is 1. The van der Waals surface area contributed by atoms with Crippen molar-refractivity contribution < 1.29 is 9.84 Å². The van der Waals surface area contributed by atoms with Crippen molar-refractivity contribution in [1.29, 1.82) is 0 Å². The van der Waals surface area contributed by atoms with E-state index in [0.29, 0.717) is 0 Å². The van der Waals surface area contributed by atoms with Crippen LogP contribution < -0.4 is 4.74 Å². The van der Waals surface area contributed by atoms with Crippen molar-refractivity contribution in [3.63, 3.8) is 0 Å². The third-order valence-corrected chi connectivity index (χ3v) is 3.64. The van der Waals surface area contributed by atoms with E-state index in [4.69, 9.17) is 9.84 Å². The van der Waals surface area contributed by atoms with E-state index >= 15 is 0 Å². The summed E-state index contributed by atoms with van der Waals surface area (Å²) in [5.74, 6) is 0.838. The maximum atomic E-state index is 9.05. The Bertz CT molecular complexity index is 543. The third-order valence-electron chi connectivity index (χ3n) is 2.53. The smallest absolute Gasteiger partial charge is 0.119 e. The fourth-order valence-electron chi connectivity index (χ4n) is 1.59. The number of pyridine rings is 1. The van der Waals surface area contributed by atoms with Gasteiger partial charge >= 0.3 is 0 Å². The van der Waals surface area contributed by atoms with Crippen LogP contribution in [0.4, 0.5) is 0 Å². The number of benzene rings is 1. The molecule has 0 amide bonds. The van der Waals surface area contributed by atoms with E-state index in [9.17, 15) is 0 Å². The number of aryl methyl sites for hydroxylation is 1. The summed E-state index contributed by atoms with van der Waals surface area (Å²) >= 11 is 1.59. The number of aromatic nitrogens is 1. The lowest BCUT2D eigenvalue weighted by atomic mass is 10.2. The Morgan fingerprint density at radius 2 is 2.17 bits per heavy atom. The van der Waals surface area contributed by atoms with Crippen molar-refractivity contribution in [2.24, 2.45) is 0 Å². The Morgan fingerprint density at radius 3 is 2.83 bits per heavy atom. The summed E-state index contributed by atoms with van der Waals surface area (Å²) in [5, 5.41) is 9.99. The van der Waals surface area contributed by atoms with Crippen LogP contribution in [0.15, 0.2) is 46.5 Å². The summed E-state index contributed by atoms with van der Waals surface area (Å²) in [7, 11) is 1.66. The Labute approximate surface area is 111 Å². The topological polar surface area (TPSA) is 42.4 Å². The van der Waals surface area contributed by atoms with Gasteiger partial charge in [0.1, 0.15) is 10.8 Å². The minimum absolute atomic E-state index is 0.0257. The van der Waals surface area contributed by atoms with E-state index in [1.807, 2.05) is 37.3 Å². The Kier molecular flexibility index (Phi) is 4.23. The number of hydrogen-bond acceptors (Lipinski definition) is 4. The molecule has 1 heterocycles. The first-order chi connectivity index (χ1) is 8.72. The van der Waals surface area contributed by atoms with Crippen molar-refractivity contribution in [3.05, 3.63) is 47.7 Å². The number of aliphatic hydroxyl groups is 1. The van der Waals surface area contributed by atoms with Gasteiger partial charge in [-0.3, -0.25) is 0 Å². The number of methoxy groups -OCH3 is 1. The molecule has 18 heavy (non-hydrogen) atoms. The monoisotopic (exact) mass is 261 g/mol. The zero-order valence-electron chi connectivity index (χ0n) is 10.4. The van der Waals surface area contributed by atoms with Gasteiger partial charge in [-0.15, -0.1) is 0 Å². The molecule has 0 fully saturated rings. The summed E-state index contributed by atoms with van der Waals surface area (Å²) in [6, 6.07) is 9.83. The molecule has 0 bridgehead atoms. The van der Waals surface area contributed by atoms with Gasteiger partial charge in [0.2, 0.25) is 0 Å². The first-order valence-electron chi connectivity index (χ1n) is 5.61. The first-order valence-corrected chi connectivity index (χ1v) is 6.43. The highest BCUT2D eigenvalue weighted by molar-refractivity contribution is 7.99. The Hall–Kier alpha value is -1.52. The minimum Gasteiger partial charge on any atom is -0.497 e. The van der Waals surface area contributed by atoms with Gasteiger partial charge in [0, 0.05) is 11.1 Å². The number of rotatable bonds is 4. The van der Waals surface area contributed by atoms with E-state index < -0.39 is 0 Å². The molecular formula is C14H15NO2S. The van der Waals surface area contributed by atoms with Crippen LogP contribution in [0.3, 0.4) is 0 Å². The lowest BCUT2D eigenvalue weighted by Gasteiger charge is -2.07. The van der Waals surface area contributed by atoms with Crippen molar-refractivity contribution >= 4 is 11.8 Å². The van der Waals surface area contributed by atoms with Gasteiger partial charge in [-0.25, -0.2) is 4.98 Å². The standard InChI is InChI=1S/C14H15NO2S/c1-10-6-11(9-16)8-15-14(10)18-13-5-3-4-12(7-13)17-2/h3-8,16H,9H2,1-2H3. The van der Waals surface area contributed by atoms with Crippen LogP contribution in [-0.2, 0) is 6.61 Å². The Balaban J connectivity index is 2.22. The maximum Gasteiger partial charge on any atom is 0.119 e. The van der Waals surface area contributed by atoms with E-state index in [2.05, 4.69) is 4.98 Å². The van der Waals surface area contributed by atoms with E-state index in [1.54, 1.807) is 25.1 Å². The molecule has 0 saturated heterocycles. The molecule has 0 unspecified atom stereocenters. The summed E-state index contributed by atoms with van der Waals surface area (Å²) < 4.78 is 5.19. The summed E-state index contributed by atoms with van der Waals surface area (Å²) in [6.45, 7) is 2.02. The molecule has 2 rings (SSSR count). The molecule has 2 aromatic rings. The largest absolute Gasteiger partial charge is 0.497 e. The van der Waals surface area contributed by atoms with Crippen LogP contribution in [0.2, 0.25) is 0 Å². The number of ether oxygens (including phenoxy) is 1. The second kappa shape index (κ2) is 5.89. The van der Waals surface area contributed by atoms with Gasteiger partial charge in [0.25, 0.3) is 0 Å². The van der Waals surface area contributed by atoms with E-state index in [-0.39, 0.29) is 6.61 Å². The molecule has 1 aromatic carbocycles. The van der Waals surface area contributed by atoms with E-state index in [0.717, 1.165) is 26.8 Å². The van der Waals surface area contributed by atoms with Gasteiger partial charge in [0.15, 0.2) is 0 Å². The summed E-state index contributed by atoms with van der Waals surface area (Å²) in [5.41, 5.74) is 1.90. The molecule has 0 aliphatic rings. The quantitative estimate of drug-likeness (QED) is 0.918. The van der Waals surface area contributed by atoms with Crippen LogP contribution >= 0.6 is 11.8 Å². The highest BCUT2D eigenvalue weighted by Crippen LogP contribution is 2.30. The summed E-state index contributed by atoms with van der Waals surface area (Å²) in [6.07, 6.45) is 1.70. The highest BCUT2D eigenvalue weighted by atomic mass is 32.2. The zero-order valence-corrected chi connectivity index (χ0v) is 11.2. The van der Waals surface area contributed by atoms with Crippen LogP contribution in [0.25, 0.3) is 0 Å². The fourth-order valence-corrected chi connectivity index (χ4v) is 2.46. The first kappa shape index (κ1) is 12.9. The third kappa shape index (κ3) is 3.03. The molecule has 0 aliphatic heterocycles. The Morgan fingerprint density at radius 1 is 1.33 bits per heavy atom. The van der Waals surface area contributed by atoms with Gasteiger partial charge in [-0.05, 0) is 42.3 Å². The summed E-state index contributed by atoms with van der Waals surface area (Å²) in [4.78, 5) is 5.45. The van der Waals surface area contributed by atoms with E-state index in [1.165, 1.54) is 0 Å². The van der Waals surface area contributed by atoms with Crippen LogP contribution in [0.5, 0.6) is 5.75 Å². The van der Waals surface area contributed by atoms with Crippen LogP contribution in [-0.4, -0.2) is 17.2 Å². The predicted octanol–water partition coefficient (Wildman–Crippen LogP) is 3.04. The molecular weight excluding hydrogens is 246 g/mol. The molecule has 0 radical (unpaired) electrons. The van der Waals surface area contributed by atoms with Crippen LogP contribution in [0, 0.1) is 6.92 Å². The number of aliphatic hydroxyl groups excluding tert-OH is 1. The average molecular weight is 261 g/mol. The predicted molar refractivity (Wildman–Crippen MR) is 72.0 cm³/mol. The highest BCUT2D eigenvalue weighted by Gasteiger charge is 2.05. The minimum atomic E-state index is 0.0257. The number of nitrogens with zero attached hydrogens (tertiary/aromatic N) is 1. The van der Waals surface area contributed by atoms with Crippen molar-refractivity contribution in [2.75, 3.05) is 7.11 Å². The zero-order chi connectivity index (χ0) is 13.0. The lowest BCUT2D eigenvalue weighted by Crippen LogP contribution is -1.91. The lowest BCUT2D eigenvalue weighted by molar-refractivity contribution is 0.281. The molecule has 3 nitrogen and oxygen atoms in total. The SMILES string of the molecule is COc1cccc(Sc2ncc(CO)cc2C)c1. The second-order valence-corrected chi connectivity index (χ2v) is 4.97. The molecule has 0 spiro atoms. The van der Waals surface area contributed by atoms with Crippen molar-refractivity contribution in [3.8, 4) is 5.75 Å². The van der Waals surface area contributed by atoms with Crippen LogP contribution in [0.1, 0.15) is 11.1 Å². The van der Waals surface area contributed by atoms with Gasteiger partial charge < -0.3 is 9.84 Å².